The average Bonchev–Trinajstić information content (AvgIpc) is 2.45. The highest BCUT2D eigenvalue weighted by Gasteiger charge is 2.72. The van der Waals surface area contributed by atoms with Gasteiger partial charge in [-0.1, -0.05) is 0 Å². The SMILES string of the molecule is CC(C)N(C(C)C)P1(=NC(C)(C)C)N(C(C)(C)C)P(=NC(C)(C)C)(N(C(C)C)C(C)C)N1C(C)(C)C. The Morgan fingerprint density at radius 1 is 0.444 bits per heavy atom. The van der Waals surface area contributed by atoms with Crippen molar-refractivity contribution < 1.29 is 0 Å². The maximum atomic E-state index is 5.94. The monoisotopic (exact) mass is 546 g/mol. The summed E-state index contributed by atoms with van der Waals surface area (Å²) >= 11 is 0. The highest BCUT2D eigenvalue weighted by atomic mass is 31.3. The highest BCUT2D eigenvalue weighted by Crippen LogP contribution is 2.95. The van der Waals surface area contributed by atoms with Crippen molar-refractivity contribution in [2.24, 2.45) is 9.49 Å². The van der Waals surface area contributed by atoms with Gasteiger partial charge in [0.05, 0.1) is 11.1 Å². The van der Waals surface area contributed by atoms with E-state index in [1.165, 1.54) is 0 Å². The minimum atomic E-state index is -2.38. The summed E-state index contributed by atoms with van der Waals surface area (Å²) in [6.07, 6.45) is 0. The number of nitrogens with zero attached hydrogens (tertiary/aromatic N) is 6. The Bertz CT molecular complexity index is 756. The lowest BCUT2D eigenvalue weighted by molar-refractivity contribution is 0.166. The van der Waals surface area contributed by atoms with Gasteiger partial charge in [0.1, 0.15) is 0 Å². The summed E-state index contributed by atoms with van der Waals surface area (Å²) in [7, 11) is -4.76. The fourth-order valence-electron chi connectivity index (χ4n) is 5.96. The Kier molecular flexibility index (Phi) is 10.2. The van der Waals surface area contributed by atoms with Crippen molar-refractivity contribution >= 4 is 15.0 Å². The van der Waals surface area contributed by atoms with Crippen LogP contribution in [0.25, 0.3) is 0 Å². The minimum Gasteiger partial charge on any atom is -0.254 e. The molecule has 6 nitrogen and oxygen atoms in total. The molecule has 0 bridgehead atoms. The van der Waals surface area contributed by atoms with Crippen LogP contribution in [0.5, 0.6) is 0 Å². The van der Waals surface area contributed by atoms with Crippen LogP contribution in [0.3, 0.4) is 0 Å². The van der Waals surface area contributed by atoms with Gasteiger partial charge in [0.2, 0.25) is 0 Å². The molecule has 8 heteroatoms. The molecule has 0 saturated carbocycles. The van der Waals surface area contributed by atoms with E-state index in [-0.39, 0.29) is 22.2 Å². The lowest BCUT2D eigenvalue weighted by Gasteiger charge is -2.75. The van der Waals surface area contributed by atoms with E-state index in [4.69, 9.17) is 9.49 Å². The average molecular weight is 547 g/mol. The van der Waals surface area contributed by atoms with Gasteiger partial charge < -0.3 is 0 Å². The third kappa shape index (κ3) is 6.53. The first-order valence-corrected chi connectivity index (χ1v) is 17.3. The summed E-state index contributed by atoms with van der Waals surface area (Å²) in [4.78, 5) is 0. The molecule has 36 heavy (non-hydrogen) atoms. The Balaban J connectivity index is 4.70. The van der Waals surface area contributed by atoms with Gasteiger partial charge in [0.15, 0.2) is 15.0 Å². The topological polar surface area (TPSA) is 37.7 Å². The molecule has 1 aliphatic rings. The standard InChI is InChI=1S/C28H64N6P2/c1-21(2)31(22(3)4)35(29-25(9,10)11)33(27(15,16)17)36(30-26(12,13)14,34(35)28(18,19)20)32(23(5)6)24(7)8/h21-24H,1-20H3. The van der Waals surface area contributed by atoms with E-state index in [0.29, 0.717) is 24.2 Å². The van der Waals surface area contributed by atoms with E-state index in [0.717, 1.165) is 0 Å². The Morgan fingerprint density at radius 3 is 0.750 bits per heavy atom. The zero-order valence-electron chi connectivity index (χ0n) is 27.9. The zero-order valence-corrected chi connectivity index (χ0v) is 29.7. The van der Waals surface area contributed by atoms with Crippen LogP contribution in [0.15, 0.2) is 9.49 Å². The molecule has 1 rings (SSSR count). The van der Waals surface area contributed by atoms with Crippen molar-refractivity contribution in [3.8, 4) is 0 Å². The molecule has 0 aromatic rings. The molecular formula is C28H64N6P2. The van der Waals surface area contributed by atoms with Gasteiger partial charge in [-0.05, 0) is 138 Å². The zero-order chi connectivity index (χ0) is 29.0. The molecule has 0 spiro atoms. The molecule has 1 saturated heterocycles. The molecule has 0 aliphatic carbocycles. The fourth-order valence-corrected chi connectivity index (χ4v) is 19.5. The predicted molar refractivity (Wildman–Crippen MR) is 166 cm³/mol. The molecular weight excluding hydrogens is 482 g/mol. The van der Waals surface area contributed by atoms with Crippen LogP contribution >= 0.6 is 15.0 Å². The first kappa shape index (κ1) is 34.3. The predicted octanol–water partition coefficient (Wildman–Crippen LogP) is 9.93. The summed E-state index contributed by atoms with van der Waals surface area (Å²) in [5, 5.41) is 0. The van der Waals surface area contributed by atoms with Crippen LogP contribution in [-0.2, 0) is 0 Å². The van der Waals surface area contributed by atoms with Crippen LogP contribution in [-0.4, -0.2) is 64.5 Å². The summed E-state index contributed by atoms with van der Waals surface area (Å²) in [5.41, 5.74) is -0.643. The largest absolute Gasteiger partial charge is 0.254 e. The van der Waals surface area contributed by atoms with Crippen molar-refractivity contribution in [1.82, 2.24) is 18.2 Å². The molecule has 1 aliphatic heterocycles. The molecule has 1 heterocycles. The summed E-state index contributed by atoms with van der Waals surface area (Å²) < 4.78 is 23.1. The summed E-state index contributed by atoms with van der Waals surface area (Å²) in [6.45, 7) is 46.8. The van der Waals surface area contributed by atoms with Crippen molar-refractivity contribution in [3.63, 3.8) is 0 Å². The van der Waals surface area contributed by atoms with E-state index >= 15 is 0 Å². The fraction of sp³-hybridized carbons (Fsp3) is 1.00. The third-order valence-corrected chi connectivity index (χ3v) is 18.0. The first-order chi connectivity index (χ1) is 15.7. The molecule has 216 valence electrons. The quantitative estimate of drug-likeness (QED) is 0.311. The first-order valence-electron chi connectivity index (χ1n) is 14.1. The maximum Gasteiger partial charge on any atom is 0.183 e. The van der Waals surface area contributed by atoms with Gasteiger partial charge in [-0.15, -0.1) is 0 Å². The Labute approximate surface area is 227 Å². The molecule has 0 N–H and O–H groups in total. The molecule has 1 fully saturated rings. The van der Waals surface area contributed by atoms with E-state index in [1.807, 2.05) is 0 Å². The van der Waals surface area contributed by atoms with Crippen molar-refractivity contribution in [1.29, 1.82) is 0 Å². The third-order valence-electron chi connectivity index (χ3n) is 5.82. The van der Waals surface area contributed by atoms with Crippen LogP contribution < -0.4 is 0 Å². The lowest BCUT2D eigenvalue weighted by Crippen LogP contribution is -2.66. The molecule has 0 aromatic carbocycles. The second kappa shape index (κ2) is 10.7. The van der Waals surface area contributed by atoms with Crippen molar-refractivity contribution in [2.75, 3.05) is 0 Å². The Morgan fingerprint density at radius 2 is 0.639 bits per heavy atom. The van der Waals surface area contributed by atoms with Gasteiger partial charge >= 0.3 is 0 Å². The molecule has 0 atom stereocenters. The van der Waals surface area contributed by atoms with E-state index < -0.39 is 15.0 Å². The molecule has 0 amide bonds. The maximum absolute atomic E-state index is 5.94. The smallest absolute Gasteiger partial charge is 0.183 e. The second-order valence-corrected chi connectivity index (χ2v) is 21.4. The van der Waals surface area contributed by atoms with E-state index in [9.17, 15) is 0 Å². The number of rotatable bonds is 6. The molecule has 0 radical (unpaired) electrons. The van der Waals surface area contributed by atoms with E-state index in [1.54, 1.807) is 0 Å². The second-order valence-electron chi connectivity index (χ2n) is 15.7. The van der Waals surface area contributed by atoms with Crippen molar-refractivity contribution in [3.05, 3.63) is 0 Å². The van der Waals surface area contributed by atoms with Crippen LogP contribution in [0.4, 0.5) is 0 Å². The minimum absolute atomic E-state index is 0.128. The van der Waals surface area contributed by atoms with Gasteiger partial charge in [0, 0.05) is 35.2 Å². The van der Waals surface area contributed by atoms with Gasteiger partial charge in [-0.2, -0.15) is 8.88 Å². The Hall–Kier alpha value is 0.300. The normalized spacial score (nSPS) is 25.6. The molecule has 0 unspecified atom stereocenters. The van der Waals surface area contributed by atoms with Gasteiger partial charge in [0.25, 0.3) is 0 Å². The van der Waals surface area contributed by atoms with Crippen LogP contribution in [0, 0.1) is 0 Å². The summed E-state index contributed by atoms with van der Waals surface area (Å²) in [5.74, 6) is 0. The summed E-state index contributed by atoms with van der Waals surface area (Å²) in [6, 6.07) is 1.40. The lowest BCUT2D eigenvalue weighted by atomic mass is 10.1. The van der Waals surface area contributed by atoms with Gasteiger partial charge in [-0.25, -0.2) is 9.34 Å². The number of hydrogen-bond acceptors (Lipinski definition) is 2. The molecule has 0 aromatic heterocycles. The van der Waals surface area contributed by atoms with E-state index in [2.05, 4.69) is 157 Å². The highest BCUT2D eigenvalue weighted by molar-refractivity contribution is 7.88. The van der Waals surface area contributed by atoms with Crippen molar-refractivity contribution in [2.45, 2.75) is 185 Å². The van der Waals surface area contributed by atoms with Crippen LogP contribution in [0.2, 0.25) is 0 Å². The number of hydrogen-bond donors (Lipinski definition) is 0. The van der Waals surface area contributed by atoms with Crippen LogP contribution in [0.1, 0.15) is 138 Å². The van der Waals surface area contributed by atoms with Gasteiger partial charge in [-0.3, -0.25) is 9.49 Å².